The van der Waals surface area contributed by atoms with Gasteiger partial charge < -0.3 is 5.11 Å². The van der Waals surface area contributed by atoms with Gasteiger partial charge in [0.1, 0.15) is 7.85 Å². The van der Waals surface area contributed by atoms with Crippen molar-refractivity contribution >= 4 is 19.3 Å². The third-order valence-electron chi connectivity index (χ3n) is 2.25. The largest absolute Gasteiger partial charge is 0.481 e. The lowest BCUT2D eigenvalue weighted by Gasteiger charge is -2.17. The summed E-state index contributed by atoms with van der Waals surface area (Å²) in [6.07, 6.45) is -11.2. The highest BCUT2D eigenvalue weighted by molar-refractivity contribution is 6.33. The summed E-state index contributed by atoms with van der Waals surface area (Å²) in [7, 11) is 5.10. The molecule has 0 heterocycles. The highest BCUT2D eigenvalue weighted by Gasteiger charge is 2.39. The second-order valence-electron chi connectivity index (χ2n) is 3.66. The van der Waals surface area contributed by atoms with E-state index in [0.29, 0.717) is 0 Å². The van der Waals surface area contributed by atoms with Gasteiger partial charge in [-0.3, -0.25) is 4.79 Å². The van der Waals surface area contributed by atoms with Crippen LogP contribution in [0.4, 0.5) is 26.3 Å². The first-order valence-corrected chi connectivity index (χ1v) is 4.71. The summed E-state index contributed by atoms with van der Waals surface area (Å²) < 4.78 is 75.1. The first-order chi connectivity index (χ1) is 8.43. The van der Waals surface area contributed by atoms with E-state index in [1.54, 1.807) is 0 Å². The Morgan fingerprint density at radius 2 is 1.63 bits per heavy atom. The molecule has 1 rings (SSSR count). The van der Waals surface area contributed by atoms with E-state index in [-0.39, 0.29) is 12.1 Å². The van der Waals surface area contributed by atoms with Crippen molar-refractivity contribution in [2.75, 3.05) is 0 Å². The van der Waals surface area contributed by atoms with Crippen molar-refractivity contribution in [3.63, 3.8) is 0 Å². The molecular weight excluding hydrogens is 277 g/mol. The molecule has 0 aliphatic carbocycles. The average Bonchev–Trinajstić information content (AvgIpc) is 2.16. The molecule has 0 bridgehead atoms. The van der Waals surface area contributed by atoms with Crippen LogP contribution in [0.15, 0.2) is 12.1 Å². The van der Waals surface area contributed by atoms with Crippen molar-refractivity contribution in [3.05, 3.63) is 28.8 Å². The van der Waals surface area contributed by atoms with Crippen LogP contribution in [0, 0.1) is 0 Å². The zero-order chi connectivity index (χ0) is 15.0. The van der Waals surface area contributed by atoms with Crippen LogP contribution >= 0.6 is 0 Å². The molecule has 0 aliphatic heterocycles. The van der Waals surface area contributed by atoms with Crippen LogP contribution in [-0.2, 0) is 23.6 Å². The van der Waals surface area contributed by atoms with E-state index in [2.05, 4.69) is 0 Å². The summed E-state index contributed by atoms with van der Waals surface area (Å²) in [4.78, 5) is 10.4. The van der Waals surface area contributed by atoms with Crippen LogP contribution in [0.25, 0.3) is 0 Å². The molecule has 0 amide bonds. The van der Waals surface area contributed by atoms with Crippen molar-refractivity contribution in [2.24, 2.45) is 0 Å². The summed E-state index contributed by atoms with van der Waals surface area (Å²) >= 11 is 0. The van der Waals surface area contributed by atoms with Gasteiger partial charge in [0.2, 0.25) is 0 Å². The summed E-state index contributed by atoms with van der Waals surface area (Å²) in [6.45, 7) is 0. The smallest absolute Gasteiger partial charge is 0.416 e. The molecule has 1 aromatic rings. The SMILES string of the molecule is [B]c1cc(C(F)(F)F)cc(C(F)(F)F)c1CC(=O)O. The Morgan fingerprint density at radius 1 is 1.11 bits per heavy atom. The van der Waals surface area contributed by atoms with Crippen LogP contribution < -0.4 is 5.46 Å². The molecule has 2 nitrogen and oxygen atoms in total. The van der Waals surface area contributed by atoms with Gasteiger partial charge in [0.05, 0.1) is 17.5 Å². The fraction of sp³-hybridized carbons (Fsp3) is 0.300. The summed E-state index contributed by atoms with van der Waals surface area (Å²) in [6, 6.07) is 0.141. The Morgan fingerprint density at radius 3 is 2.00 bits per heavy atom. The van der Waals surface area contributed by atoms with Gasteiger partial charge in [-0.05, 0) is 11.6 Å². The lowest BCUT2D eigenvalue weighted by atomic mass is 9.84. The van der Waals surface area contributed by atoms with Crippen molar-refractivity contribution < 1.29 is 36.2 Å². The second kappa shape index (κ2) is 4.78. The fourth-order valence-corrected chi connectivity index (χ4v) is 1.46. The molecular formula is C10H5BF6O2. The molecule has 19 heavy (non-hydrogen) atoms. The van der Waals surface area contributed by atoms with Crippen molar-refractivity contribution in [3.8, 4) is 0 Å². The van der Waals surface area contributed by atoms with Crippen LogP contribution in [0.3, 0.4) is 0 Å². The van der Waals surface area contributed by atoms with E-state index in [0.717, 1.165) is 0 Å². The van der Waals surface area contributed by atoms with E-state index in [9.17, 15) is 31.1 Å². The molecule has 1 aromatic carbocycles. The molecule has 102 valence electrons. The van der Waals surface area contributed by atoms with Crippen LogP contribution in [0.1, 0.15) is 16.7 Å². The third kappa shape index (κ3) is 3.65. The minimum absolute atomic E-state index is 0.144. The number of carboxylic acid groups (broad SMARTS) is 1. The lowest BCUT2D eigenvalue weighted by Crippen LogP contribution is -2.24. The highest BCUT2D eigenvalue weighted by Crippen LogP contribution is 2.36. The van der Waals surface area contributed by atoms with Crippen molar-refractivity contribution in [2.45, 2.75) is 18.8 Å². The minimum Gasteiger partial charge on any atom is -0.481 e. The van der Waals surface area contributed by atoms with Gasteiger partial charge in [-0.25, -0.2) is 0 Å². The summed E-state index contributed by atoms with van der Waals surface area (Å²) in [5, 5.41) is 8.47. The first kappa shape index (κ1) is 15.4. The maximum atomic E-state index is 12.6. The molecule has 0 atom stereocenters. The lowest BCUT2D eigenvalue weighted by molar-refractivity contribution is -0.143. The van der Waals surface area contributed by atoms with E-state index < -0.39 is 46.9 Å². The number of carbonyl (C=O) groups is 1. The van der Waals surface area contributed by atoms with Gasteiger partial charge in [0.25, 0.3) is 0 Å². The predicted molar refractivity (Wildman–Crippen MR) is 53.2 cm³/mol. The van der Waals surface area contributed by atoms with Crippen molar-refractivity contribution in [1.29, 1.82) is 0 Å². The van der Waals surface area contributed by atoms with E-state index in [4.69, 9.17) is 13.0 Å². The average molecular weight is 282 g/mol. The van der Waals surface area contributed by atoms with Crippen molar-refractivity contribution in [1.82, 2.24) is 0 Å². The molecule has 2 radical (unpaired) electrons. The molecule has 0 spiro atoms. The summed E-state index contributed by atoms with van der Waals surface area (Å²) in [5.74, 6) is -1.63. The van der Waals surface area contributed by atoms with Gasteiger partial charge in [-0.1, -0.05) is 11.5 Å². The Hall–Kier alpha value is -1.67. The van der Waals surface area contributed by atoms with Gasteiger partial charge in [0, 0.05) is 0 Å². The molecule has 0 aromatic heterocycles. The first-order valence-electron chi connectivity index (χ1n) is 4.71. The summed E-state index contributed by atoms with van der Waals surface area (Å²) in [5.41, 5.74) is -5.01. The van der Waals surface area contributed by atoms with Crippen LogP contribution in [-0.4, -0.2) is 18.9 Å². The molecule has 0 aliphatic rings. The molecule has 0 saturated carbocycles. The maximum absolute atomic E-state index is 12.6. The topological polar surface area (TPSA) is 37.3 Å². The quantitative estimate of drug-likeness (QED) is 0.666. The Labute approximate surface area is 104 Å². The number of halogens is 6. The van der Waals surface area contributed by atoms with Gasteiger partial charge in [-0.2, -0.15) is 26.3 Å². The monoisotopic (exact) mass is 282 g/mol. The fourth-order valence-electron chi connectivity index (χ4n) is 1.46. The standard InChI is InChI=1S/C10H5BF6O2/c11-7-2-4(9(12,13)14)1-6(10(15,16)17)5(7)3-8(18)19/h1-2H,3H2,(H,18,19). The van der Waals surface area contributed by atoms with Gasteiger partial charge >= 0.3 is 18.3 Å². The zero-order valence-corrected chi connectivity index (χ0v) is 9.06. The van der Waals surface area contributed by atoms with Gasteiger partial charge in [-0.15, -0.1) is 0 Å². The predicted octanol–water partition coefficient (Wildman–Crippen LogP) is 2.15. The maximum Gasteiger partial charge on any atom is 0.416 e. The number of hydrogen-bond donors (Lipinski definition) is 1. The molecule has 9 heteroatoms. The third-order valence-corrected chi connectivity index (χ3v) is 2.25. The van der Waals surface area contributed by atoms with Crippen LogP contribution in [0.2, 0.25) is 0 Å². The minimum atomic E-state index is -5.12. The number of hydrogen-bond acceptors (Lipinski definition) is 1. The van der Waals surface area contributed by atoms with E-state index >= 15 is 0 Å². The number of benzene rings is 1. The Balaban J connectivity index is 3.52. The van der Waals surface area contributed by atoms with Crippen LogP contribution in [0.5, 0.6) is 0 Å². The normalized spacial score (nSPS) is 12.5. The number of aliphatic carboxylic acids is 1. The number of carboxylic acids is 1. The molecule has 0 fully saturated rings. The zero-order valence-electron chi connectivity index (χ0n) is 9.06. The molecule has 1 N–H and O–H groups in total. The number of rotatable bonds is 2. The van der Waals surface area contributed by atoms with E-state index in [1.165, 1.54) is 0 Å². The van der Waals surface area contributed by atoms with E-state index in [1.807, 2.05) is 0 Å². The Kier molecular flexibility index (Phi) is 3.88. The molecule has 0 unspecified atom stereocenters. The van der Waals surface area contributed by atoms with Gasteiger partial charge in [0.15, 0.2) is 0 Å². The highest BCUT2D eigenvalue weighted by atomic mass is 19.4. The molecule has 0 saturated heterocycles. The second-order valence-corrected chi connectivity index (χ2v) is 3.66. The Bertz CT molecular complexity index is 506. The number of alkyl halides is 6.